The summed E-state index contributed by atoms with van der Waals surface area (Å²) in [6, 6.07) is 14.1. The zero-order chi connectivity index (χ0) is 22.5. The zero-order valence-corrected chi connectivity index (χ0v) is 17.6. The monoisotopic (exact) mass is 429 g/mol. The van der Waals surface area contributed by atoms with Crippen LogP contribution >= 0.6 is 0 Å². The number of aromatic nitrogens is 3. The molecule has 4 heterocycles. The van der Waals surface area contributed by atoms with Gasteiger partial charge in [0.25, 0.3) is 11.5 Å². The molecule has 0 aliphatic carbocycles. The van der Waals surface area contributed by atoms with Crippen LogP contribution in [-0.2, 0) is 13.0 Å². The lowest BCUT2D eigenvalue weighted by Crippen LogP contribution is -2.27. The Labute approximate surface area is 184 Å². The molecule has 4 aromatic rings. The number of nitrogens with one attached hydrogen (secondary N) is 1. The Morgan fingerprint density at radius 2 is 2.06 bits per heavy atom. The molecule has 4 aromatic heterocycles. The van der Waals surface area contributed by atoms with Crippen LogP contribution in [0.3, 0.4) is 0 Å². The molecule has 3 N–H and O–H groups in total. The van der Waals surface area contributed by atoms with Crippen molar-refractivity contribution in [3.05, 3.63) is 88.8 Å². The summed E-state index contributed by atoms with van der Waals surface area (Å²) in [5.41, 5.74) is 9.06. The van der Waals surface area contributed by atoms with Crippen LogP contribution in [0, 0.1) is 0 Å². The highest BCUT2D eigenvalue weighted by Gasteiger charge is 2.19. The van der Waals surface area contributed by atoms with Crippen molar-refractivity contribution in [2.24, 2.45) is 0 Å². The molecular formula is C24H23N5O3. The van der Waals surface area contributed by atoms with Crippen molar-refractivity contribution < 1.29 is 9.21 Å². The number of nitrogens with zero attached hydrogens (tertiary/aromatic N) is 3. The molecule has 0 bridgehead atoms. The van der Waals surface area contributed by atoms with Gasteiger partial charge in [0.05, 0.1) is 11.8 Å². The van der Waals surface area contributed by atoms with E-state index < -0.39 is 0 Å². The van der Waals surface area contributed by atoms with E-state index in [4.69, 9.17) is 10.2 Å². The van der Waals surface area contributed by atoms with Crippen molar-refractivity contribution in [2.45, 2.75) is 19.9 Å². The van der Waals surface area contributed by atoms with Crippen LogP contribution in [0.25, 0.3) is 22.6 Å². The maximum absolute atomic E-state index is 12.9. The minimum absolute atomic E-state index is 0.0966. The number of rotatable bonds is 7. The molecule has 8 nitrogen and oxygen atoms in total. The second-order valence-corrected chi connectivity index (χ2v) is 7.16. The summed E-state index contributed by atoms with van der Waals surface area (Å²) in [5.74, 6) is 0.282. The average Bonchev–Trinajstić information content (AvgIpc) is 3.35. The third-order valence-corrected chi connectivity index (χ3v) is 5.08. The maximum atomic E-state index is 12.9. The van der Waals surface area contributed by atoms with Gasteiger partial charge in [0.2, 0.25) is 0 Å². The van der Waals surface area contributed by atoms with Gasteiger partial charge in [0.1, 0.15) is 11.5 Å². The van der Waals surface area contributed by atoms with E-state index in [1.807, 2.05) is 25.1 Å². The van der Waals surface area contributed by atoms with Gasteiger partial charge in [-0.3, -0.25) is 14.6 Å². The fraction of sp³-hybridized carbons (Fsp3) is 0.167. The number of nitrogen functional groups attached to an aromatic ring is 1. The van der Waals surface area contributed by atoms with Gasteiger partial charge in [-0.2, -0.15) is 0 Å². The number of carbonyl (C=O) groups excluding carboxylic acids is 1. The second-order valence-electron chi connectivity index (χ2n) is 7.16. The summed E-state index contributed by atoms with van der Waals surface area (Å²) in [6.07, 6.45) is 5.60. The first-order chi connectivity index (χ1) is 15.6. The van der Waals surface area contributed by atoms with Crippen LogP contribution in [-0.4, -0.2) is 27.0 Å². The van der Waals surface area contributed by atoms with Gasteiger partial charge in [0, 0.05) is 54.8 Å². The summed E-state index contributed by atoms with van der Waals surface area (Å²) in [7, 11) is 0. The Bertz CT molecular complexity index is 1280. The molecular weight excluding hydrogens is 406 g/mol. The lowest BCUT2D eigenvalue weighted by Gasteiger charge is -2.14. The second kappa shape index (κ2) is 9.30. The number of aryl methyl sites for hydroxylation is 1. The normalized spacial score (nSPS) is 10.8. The third kappa shape index (κ3) is 4.44. The Hall–Kier alpha value is -4.20. The highest BCUT2D eigenvalue weighted by Crippen LogP contribution is 2.33. The standard InChI is InChI=1S/C24H23N5O3/c1-2-29-15-16(8-9-21(29)30)18-14-19(23(25)28-22(18)20-7-5-13-32-20)24(31)27-12-10-17-6-3-4-11-26-17/h3-9,11,13-15H,2,10,12H2,1H3,(H2,25,28)(H,27,31). The molecule has 0 saturated heterocycles. The Balaban J connectivity index is 1.69. The molecule has 162 valence electrons. The highest BCUT2D eigenvalue weighted by atomic mass is 16.3. The van der Waals surface area contributed by atoms with E-state index in [0.717, 1.165) is 11.3 Å². The molecule has 0 aliphatic heterocycles. The first kappa shape index (κ1) is 21.0. The SMILES string of the molecule is CCn1cc(-c2cc(C(=O)NCCc3ccccn3)c(N)nc2-c2ccco2)ccc1=O. The number of hydrogen-bond donors (Lipinski definition) is 2. The van der Waals surface area contributed by atoms with Crippen molar-refractivity contribution in [3.8, 4) is 22.6 Å². The van der Waals surface area contributed by atoms with Crippen molar-refractivity contribution in [3.63, 3.8) is 0 Å². The molecule has 0 radical (unpaired) electrons. The van der Waals surface area contributed by atoms with E-state index in [2.05, 4.69) is 15.3 Å². The Kier molecular flexibility index (Phi) is 6.12. The zero-order valence-electron chi connectivity index (χ0n) is 17.6. The largest absolute Gasteiger partial charge is 0.463 e. The van der Waals surface area contributed by atoms with Crippen LogP contribution in [0.4, 0.5) is 5.82 Å². The molecule has 8 heteroatoms. The lowest BCUT2D eigenvalue weighted by atomic mass is 10.0. The molecule has 0 saturated carbocycles. The summed E-state index contributed by atoms with van der Waals surface area (Å²) >= 11 is 0. The molecule has 0 unspecified atom stereocenters. The smallest absolute Gasteiger partial charge is 0.255 e. The van der Waals surface area contributed by atoms with Gasteiger partial charge in [-0.25, -0.2) is 4.98 Å². The molecule has 0 spiro atoms. The van der Waals surface area contributed by atoms with E-state index >= 15 is 0 Å². The number of pyridine rings is 3. The highest BCUT2D eigenvalue weighted by molar-refractivity contribution is 6.00. The van der Waals surface area contributed by atoms with E-state index in [-0.39, 0.29) is 22.8 Å². The van der Waals surface area contributed by atoms with Crippen LogP contribution < -0.4 is 16.6 Å². The number of furan rings is 1. The summed E-state index contributed by atoms with van der Waals surface area (Å²) in [4.78, 5) is 33.7. The predicted octanol–water partition coefficient (Wildman–Crippen LogP) is 3.14. The van der Waals surface area contributed by atoms with Crippen molar-refractivity contribution in [1.82, 2.24) is 19.9 Å². The van der Waals surface area contributed by atoms with Gasteiger partial charge in [-0.05, 0) is 43.3 Å². The van der Waals surface area contributed by atoms with E-state index in [1.54, 1.807) is 47.5 Å². The number of anilines is 1. The van der Waals surface area contributed by atoms with Crippen LogP contribution in [0.2, 0.25) is 0 Å². The van der Waals surface area contributed by atoms with Gasteiger partial charge in [-0.1, -0.05) is 6.07 Å². The quantitative estimate of drug-likeness (QED) is 0.466. The Morgan fingerprint density at radius 1 is 1.19 bits per heavy atom. The molecule has 0 fully saturated rings. The summed E-state index contributed by atoms with van der Waals surface area (Å²) in [6.45, 7) is 2.82. The third-order valence-electron chi connectivity index (χ3n) is 5.08. The molecule has 32 heavy (non-hydrogen) atoms. The first-order valence-corrected chi connectivity index (χ1v) is 10.3. The maximum Gasteiger partial charge on any atom is 0.255 e. The molecule has 4 rings (SSSR count). The fourth-order valence-electron chi connectivity index (χ4n) is 3.41. The number of carbonyl (C=O) groups is 1. The molecule has 1 amide bonds. The van der Waals surface area contributed by atoms with Gasteiger partial charge in [-0.15, -0.1) is 0 Å². The number of nitrogens with two attached hydrogens (primary N) is 1. The lowest BCUT2D eigenvalue weighted by molar-refractivity contribution is 0.0954. The molecule has 0 aliphatic rings. The van der Waals surface area contributed by atoms with Crippen molar-refractivity contribution in [2.75, 3.05) is 12.3 Å². The van der Waals surface area contributed by atoms with Crippen molar-refractivity contribution >= 4 is 11.7 Å². The number of amides is 1. The van der Waals surface area contributed by atoms with Crippen molar-refractivity contribution in [1.29, 1.82) is 0 Å². The topological polar surface area (TPSA) is 116 Å². The van der Waals surface area contributed by atoms with Gasteiger partial charge >= 0.3 is 0 Å². The number of hydrogen-bond acceptors (Lipinski definition) is 6. The van der Waals surface area contributed by atoms with Gasteiger partial charge < -0.3 is 20.0 Å². The average molecular weight is 429 g/mol. The fourth-order valence-corrected chi connectivity index (χ4v) is 3.41. The van der Waals surface area contributed by atoms with E-state index in [1.165, 1.54) is 6.07 Å². The van der Waals surface area contributed by atoms with Gasteiger partial charge in [0.15, 0.2) is 5.76 Å². The minimum atomic E-state index is -0.331. The van der Waals surface area contributed by atoms with E-state index in [9.17, 15) is 9.59 Å². The van der Waals surface area contributed by atoms with Crippen LogP contribution in [0.1, 0.15) is 23.0 Å². The minimum Gasteiger partial charge on any atom is -0.463 e. The summed E-state index contributed by atoms with van der Waals surface area (Å²) < 4.78 is 7.12. The van der Waals surface area contributed by atoms with E-state index in [0.29, 0.717) is 36.5 Å². The molecule has 0 atom stereocenters. The predicted molar refractivity (Wildman–Crippen MR) is 122 cm³/mol. The van der Waals surface area contributed by atoms with Crippen LogP contribution in [0.15, 0.2) is 76.4 Å². The van der Waals surface area contributed by atoms with Crippen LogP contribution in [0.5, 0.6) is 0 Å². The molecule has 0 aromatic carbocycles. The Morgan fingerprint density at radius 3 is 2.78 bits per heavy atom. The summed E-state index contributed by atoms with van der Waals surface area (Å²) in [5, 5.41) is 2.88. The first-order valence-electron chi connectivity index (χ1n) is 10.3.